The molecule has 0 saturated carbocycles. The van der Waals surface area contributed by atoms with Gasteiger partial charge in [0, 0.05) is 10.6 Å². The molecule has 0 spiro atoms. The zero-order valence-corrected chi connectivity index (χ0v) is 10.4. The highest BCUT2D eigenvalue weighted by Crippen LogP contribution is 2.70. The van der Waals surface area contributed by atoms with E-state index in [0.29, 0.717) is 10.0 Å². The van der Waals surface area contributed by atoms with E-state index in [9.17, 15) is 0 Å². The van der Waals surface area contributed by atoms with Crippen LogP contribution in [0.15, 0.2) is 23.1 Å². The molecule has 0 amide bonds. The van der Waals surface area contributed by atoms with Crippen molar-refractivity contribution >= 4 is 43.1 Å². The van der Waals surface area contributed by atoms with E-state index in [1.54, 1.807) is 0 Å². The van der Waals surface area contributed by atoms with Crippen molar-refractivity contribution in [3.63, 3.8) is 0 Å². The molecule has 4 heteroatoms. The van der Waals surface area contributed by atoms with Crippen molar-refractivity contribution in [2.24, 2.45) is 0 Å². The molecule has 1 unspecified atom stereocenters. The van der Waals surface area contributed by atoms with Gasteiger partial charge in [0.05, 0.1) is 10.0 Å². The van der Waals surface area contributed by atoms with Gasteiger partial charge < -0.3 is 0 Å². The van der Waals surface area contributed by atoms with Crippen LogP contribution in [0.2, 0.25) is 10.0 Å². The van der Waals surface area contributed by atoms with Crippen LogP contribution in [0.25, 0.3) is 0 Å². The Kier molecular flexibility index (Phi) is 2.76. The minimum absolute atomic E-state index is 0.583. The Balaban J connectivity index is 2.36. The molecular weight excluding hydrogens is 243 g/mol. The van der Waals surface area contributed by atoms with Gasteiger partial charge in [-0.1, -0.05) is 23.2 Å². The smallest absolute Gasteiger partial charge is 0.0603 e. The zero-order chi connectivity index (χ0) is 9.47. The van der Waals surface area contributed by atoms with Crippen LogP contribution in [0.4, 0.5) is 0 Å². The summed E-state index contributed by atoms with van der Waals surface area (Å²) in [6.07, 6.45) is 2.33. The summed E-state index contributed by atoms with van der Waals surface area (Å²) >= 11 is 11.8. The lowest BCUT2D eigenvalue weighted by Crippen LogP contribution is -2.12. The molecule has 1 atom stereocenters. The normalized spacial score (nSPS) is 31.9. The molecule has 0 nitrogen and oxygen atoms in total. The maximum Gasteiger partial charge on any atom is 0.0603 e. The Labute approximate surface area is 93.7 Å². The minimum Gasteiger partial charge on any atom is -0.168 e. The van der Waals surface area contributed by atoms with E-state index in [0.717, 1.165) is 0 Å². The number of halogens is 2. The molecule has 1 saturated heterocycles. The molecule has 1 aliphatic heterocycles. The average molecular weight is 253 g/mol. The molecule has 13 heavy (non-hydrogen) atoms. The first-order chi connectivity index (χ1) is 6.12. The maximum absolute atomic E-state index is 5.97. The van der Waals surface area contributed by atoms with E-state index < -0.39 is 9.06 Å². The molecule has 1 heterocycles. The summed E-state index contributed by atoms with van der Waals surface area (Å²) < 4.78 is 0. The summed E-state index contributed by atoms with van der Waals surface area (Å²) in [5.74, 6) is 2.60. The van der Waals surface area contributed by atoms with Gasteiger partial charge in [-0.25, -0.2) is 0 Å². The minimum atomic E-state index is -0.583. The second-order valence-corrected chi connectivity index (χ2v) is 10.4. The van der Waals surface area contributed by atoms with Crippen LogP contribution in [0.3, 0.4) is 0 Å². The fraction of sp³-hybridized carbons (Fsp3) is 0.333. The van der Waals surface area contributed by atoms with E-state index in [1.807, 2.05) is 12.1 Å². The Morgan fingerprint density at radius 1 is 1.31 bits per heavy atom. The van der Waals surface area contributed by atoms with E-state index in [4.69, 9.17) is 23.2 Å². The van der Waals surface area contributed by atoms with Gasteiger partial charge in [0.25, 0.3) is 0 Å². The largest absolute Gasteiger partial charge is 0.168 e. The predicted molar refractivity (Wildman–Crippen MR) is 65.6 cm³/mol. The van der Waals surface area contributed by atoms with Crippen molar-refractivity contribution in [2.75, 3.05) is 17.8 Å². The Morgan fingerprint density at radius 2 is 2.00 bits per heavy atom. The number of hydrogen-bond acceptors (Lipinski definition) is 1. The van der Waals surface area contributed by atoms with Crippen LogP contribution in [-0.2, 0) is 0 Å². The molecule has 1 aliphatic rings. The topological polar surface area (TPSA) is 0 Å². The first kappa shape index (κ1) is 10.0. The van der Waals surface area contributed by atoms with E-state index in [-0.39, 0.29) is 0 Å². The Hall–Kier alpha value is 0.500. The van der Waals surface area contributed by atoms with Crippen LogP contribution in [0.1, 0.15) is 0 Å². The lowest BCUT2D eigenvalue weighted by Gasteiger charge is -2.43. The van der Waals surface area contributed by atoms with Gasteiger partial charge in [-0.15, -0.1) is 10.8 Å². The van der Waals surface area contributed by atoms with Crippen molar-refractivity contribution < 1.29 is 0 Å². The van der Waals surface area contributed by atoms with Crippen molar-refractivity contribution in [3.05, 3.63) is 28.2 Å². The molecule has 0 N–H and O–H groups in total. The van der Waals surface area contributed by atoms with Gasteiger partial charge in [0.1, 0.15) is 0 Å². The lowest BCUT2D eigenvalue weighted by molar-refractivity contribution is 1.39. The monoisotopic (exact) mass is 252 g/mol. The van der Waals surface area contributed by atoms with Gasteiger partial charge >= 0.3 is 0 Å². The van der Waals surface area contributed by atoms with Crippen LogP contribution >= 0.6 is 43.1 Å². The summed E-state index contributed by atoms with van der Waals surface area (Å²) in [5, 5.41) is 1.33. The molecule has 0 bridgehead atoms. The summed E-state index contributed by atoms with van der Waals surface area (Å²) in [4.78, 5) is 1.37. The summed E-state index contributed by atoms with van der Waals surface area (Å²) in [6.45, 7) is 0. The van der Waals surface area contributed by atoms with Crippen molar-refractivity contribution in [3.8, 4) is 0 Å². The van der Waals surface area contributed by atoms with Gasteiger partial charge in [-0.3, -0.25) is 0 Å². The molecular formula is C9H10Cl2S2. The van der Waals surface area contributed by atoms with E-state index in [2.05, 4.69) is 23.1 Å². The summed E-state index contributed by atoms with van der Waals surface area (Å²) in [5.41, 5.74) is 0. The standard InChI is InChI=1S/C9H10Cl2S2/c1-13(5-4-12-13)7-2-3-8(10)9(11)6-7/h2-3,6H,4-5H2,1H3. The second kappa shape index (κ2) is 3.58. The number of hydrogen-bond donors (Lipinski definition) is 0. The third-order valence-corrected chi connectivity index (χ3v) is 9.47. The van der Waals surface area contributed by atoms with E-state index >= 15 is 0 Å². The van der Waals surface area contributed by atoms with Gasteiger partial charge in [0.15, 0.2) is 0 Å². The van der Waals surface area contributed by atoms with Gasteiger partial charge in [-0.05, 0) is 30.2 Å². The zero-order valence-electron chi connectivity index (χ0n) is 7.22. The fourth-order valence-electron chi connectivity index (χ4n) is 1.26. The first-order valence-corrected chi connectivity index (χ1v) is 8.44. The highest BCUT2D eigenvalue weighted by Gasteiger charge is 2.29. The third kappa shape index (κ3) is 1.82. The molecule has 0 aromatic heterocycles. The molecule has 1 fully saturated rings. The molecule has 0 aliphatic carbocycles. The van der Waals surface area contributed by atoms with Crippen LogP contribution in [0.5, 0.6) is 0 Å². The number of rotatable bonds is 1. The van der Waals surface area contributed by atoms with Crippen molar-refractivity contribution in [1.82, 2.24) is 0 Å². The maximum atomic E-state index is 5.97. The lowest BCUT2D eigenvalue weighted by atomic mass is 10.4. The van der Waals surface area contributed by atoms with Gasteiger partial charge in [0.2, 0.25) is 0 Å². The third-order valence-electron chi connectivity index (χ3n) is 2.21. The number of benzene rings is 1. The molecule has 72 valence electrons. The van der Waals surface area contributed by atoms with Crippen molar-refractivity contribution in [1.29, 1.82) is 0 Å². The van der Waals surface area contributed by atoms with Crippen molar-refractivity contribution in [2.45, 2.75) is 4.90 Å². The summed E-state index contributed by atoms with van der Waals surface area (Å²) in [7, 11) is 1.47. The molecule has 0 radical (unpaired) electrons. The van der Waals surface area contributed by atoms with Crippen LogP contribution in [0, 0.1) is 0 Å². The van der Waals surface area contributed by atoms with Crippen LogP contribution < -0.4 is 0 Å². The highest BCUT2D eigenvalue weighted by atomic mass is 35.5. The second-order valence-electron chi connectivity index (χ2n) is 3.11. The fourth-order valence-corrected chi connectivity index (χ4v) is 6.11. The SMILES string of the molecule is CS1(c2ccc(Cl)c(Cl)c2)CCS1. The molecule has 1 aromatic rings. The quantitative estimate of drug-likeness (QED) is 0.666. The van der Waals surface area contributed by atoms with Gasteiger partial charge in [-0.2, -0.15) is 9.06 Å². The summed E-state index contributed by atoms with van der Waals surface area (Å²) in [6, 6.07) is 6.03. The predicted octanol–water partition coefficient (Wildman–Crippen LogP) is 4.45. The Bertz CT molecular complexity index is 334. The van der Waals surface area contributed by atoms with Crippen LogP contribution in [-0.4, -0.2) is 17.8 Å². The molecule has 1 aromatic carbocycles. The average Bonchev–Trinajstić information content (AvgIpc) is 2.06. The first-order valence-electron chi connectivity index (χ1n) is 3.97. The highest BCUT2D eigenvalue weighted by molar-refractivity contribution is 8.96. The molecule has 2 rings (SSSR count). The van der Waals surface area contributed by atoms with E-state index in [1.165, 1.54) is 16.4 Å². The Morgan fingerprint density at radius 3 is 2.46 bits per heavy atom.